The molecule has 0 amide bonds. The fourth-order valence-electron chi connectivity index (χ4n) is 1.93. The summed E-state index contributed by atoms with van der Waals surface area (Å²) in [6.07, 6.45) is 3.12. The Kier molecular flexibility index (Phi) is 3.70. The molecule has 0 bridgehead atoms. The van der Waals surface area contributed by atoms with Gasteiger partial charge in [-0.1, -0.05) is 6.07 Å². The summed E-state index contributed by atoms with van der Waals surface area (Å²) < 4.78 is 0. The second kappa shape index (κ2) is 5.24. The standard InChI is InChI=1S/C12H15N3S/c1-16-12-4-2-3-11(10(12)7-13)15-9-5-6-14-8-9/h2-4,9,14-15H,5-6,8H2,1H3. The lowest BCUT2D eigenvalue weighted by atomic mass is 10.1. The van der Waals surface area contributed by atoms with Crippen molar-refractivity contribution in [2.45, 2.75) is 17.4 Å². The van der Waals surface area contributed by atoms with Crippen LogP contribution in [-0.2, 0) is 0 Å². The fraction of sp³-hybridized carbons (Fsp3) is 0.417. The molecule has 1 heterocycles. The number of hydrogen-bond donors (Lipinski definition) is 2. The molecule has 0 saturated carbocycles. The van der Waals surface area contributed by atoms with Gasteiger partial charge < -0.3 is 10.6 Å². The SMILES string of the molecule is CSc1cccc(NC2CCNC2)c1C#N. The Morgan fingerprint density at radius 3 is 3.06 bits per heavy atom. The molecule has 2 N–H and O–H groups in total. The van der Waals surface area contributed by atoms with Crippen molar-refractivity contribution in [2.75, 3.05) is 24.7 Å². The maximum atomic E-state index is 9.19. The van der Waals surface area contributed by atoms with E-state index in [0.29, 0.717) is 6.04 Å². The molecule has 1 atom stereocenters. The lowest BCUT2D eigenvalue weighted by molar-refractivity contribution is 0.792. The second-order valence-electron chi connectivity index (χ2n) is 3.83. The average Bonchev–Trinajstić information content (AvgIpc) is 2.81. The van der Waals surface area contributed by atoms with Crippen LogP contribution < -0.4 is 10.6 Å². The van der Waals surface area contributed by atoms with Crippen LogP contribution in [0.15, 0.2) is 23.1 Å². The van der Waals surface area contributed by atoms with Gasteiger partial charge in [-0.2, -0.15) is 5.26 Å². The number of nitrogens with one attached hydrogen (secondary N) is 2. The van der Waals surface area contributed by atoms with Crippen LogP contribution in [0.5, 0.6) is 0 Å². The first-order valence-electron chi connectivity index (χ1n) is 5.39. The molecular weight excluding hydrogens is 218 g/mol. The molecule has 1 aromatic rings. The number of thioether (sulfide) groups is 1. The highest BCUT2D eigenvalue weighted by molar-refractivity contribution is 7.98. The minimum Gasteiger partial charge on any atom is -0.380 e. The van der Waals surface area contributed by atoms with Gasteiger partial charge in [-0.05, 0) is 31.4 Å². The van der Waals surface area contributed by atoms with Gasteiger partial charge >= 0.3 is 0 Å². The van der Waals surface area contributed by atoms with E-state index in [1.807, 2.05) is 24.5 Å². The van der Waals surface area contributed by atoms with Crippen molar-refractivity contribution in [1.82, 2.24) is 5.32 Å². The van der Waals surface area contributed by atoms with Crippen LogP contribution in [0, 0.1) is 11.3 Å². The van der Waals surface area contributed by atoms with E-state index in [-0.39, 0.29) is 0 Å². The van der Waals surface area contributed by atoms with E-state index in [9.17, 15) is 5.26 Å². The predicted octanol–water partition coefficient (Wildman–Crippen LogP) is 2.05. The zero-order valence-corrected chi connectivity index (χ0v) is 10.1. The van der Waals surface area contributed by atoms with Crippen LogP contribution in [0.3, 0.4) is 0 Å². The van der Waals surface area contributed by atoms with E-state index in [4.69, 9.17) is 0 Å². The summed E-state index contributed by atoms with van der Waals surface area (Å²) in [5.74, 6) is 0. The zero-order valence-electron chi connectivity index (χ0n) is 9.29. The van der Waals surface area contributed by atoms with E-state index in [1.54, 1.807) is 11.8 Å². The topological polar surface area (TPSA) is 47.8 Å². The normalized spacial score (nSPS) is 19.4. The maximum Gasteiger partial charge on any atom is 0.102 e. The van der Waals surface area contributed by atoms with Gasteiger partial charge in [0.2, 0.25) is 0 Å². The molecule has 1 aliphatic heterocycles. The molecule has 0 spiro atoms. The minimum atomic E-state index is 0.448. The molecule has 4 heteroatoms. The second-order valence-corrected chi connectivity index (χ2v) is 4.68. The third kappa shape index (κ3) is 2.31. The Morgan fingerprint density at radius 1 is 1.56 bits per heavy atom. The monoisotopic (exact) mass is 233 g/mol. The highest BCUT2D eigenvalue weighted by Crippen LogP contribution is 2.27. The Balaban J connectivity index is 2.22. The lowest BCUT2D eigenvalue weighted by Crippen LogP contribution is -2.22. The third-order valence-corrected chi connectivity index (χ3v) is 3.56. The van der Waals surface area contributed by atoms with Gasteiger partial charge in [-0.3, -0.25) is 0 Å². The first kappa shape index (κ1) is 11.3. The van der Waals surface area contributed by atoms with E-state index >= 15 is 0 Å². The van der Waals surface area contributed by atoms with Crippen molar-refractivity contribution in [3.63, 3.8) is 0 Å². The third-order valence-electron chi connectivity index (χ3n) is 2.78. The van der Waals surface area contributed by atoms with Crippen molar-refractivity contribution >= 4 is 17.4 Å². The van der Waals surface area contributed by atoms with Crippen LogP contribution in [0.4, 0.5) is 5.69 Å². The molecule has 0 aliphatic carbocycles. The van der Waals surface area contributed by atoms with Crippen molar-refractivity contribution in [3.05, 3.63) is 23.8 Å². The molecule has 1 saturated heterocycles. The molecule has 1 unspecified atom stereocenters. The molecule has 1 fully saturated rings. The van der Waals surface area contributed by atoms with Gasteiger partial charge in [0.25, 0.3) is 0 Å². The van der Waals surface area contributed by atoms with Gasteiger partial charge in [0.15, 0.2) is 0 Å². The van der Waals surface area contributed by atoms with Crippen molar-refractivity contribution in [3.8, 4) is 6.07 Å². The Hall–Kier alpha value is -1.18. The summed E-state index contributed by atoms with van der Waals surface area (Å²) in [5, 5.41) is 15.9. The number of rotatable bonds is 3. The van der Waals surface area contributed by atoms with E-state index < -0.39 is 0 Å². The smallest absolute Gasteiger partial charge is 0.102 e. The van der Waals surface area contributed by atoms with Gasteiger partial charge in [-0.25, -0.2) is 0 Å². The average molecular weight is 233 g/mol. The Labute approximate surface area is 100 Å². The number of nitrogens with zero attached hydrogens (tertiary/aromatic N) is 1. The summed E-state index contributed by atoms with van der Waals surface area (Å²) in [5.41, 5.74) is 1.73. The summed E-state index contributed by atoms with van der Waals surface area (Å²) >= 11 is 1.61. The summed E-state index contributed by atoms with van der Waals surface area (Å²) in [4.78, 5) is 1.04. The van der Waals surface area contributed by atoms with Gasteiger partial charge in [-0.15, -0.1) is 11.8 Å². The predicted molar refractivity (Wildman–Crippen MR) is 67.8 cm³/mol. The van der Waals surface area contributed by atoms with Crippen molar-refractivity contribution < 1.29 is 0 Å². The molecule has 2 rings (SSSR count). The Bertz CT molecular complexity index is 405. The summed E-state index contributed by atoms with van der Waals surface area (Å²) in [7, 11) is 0. The molecule has 0 aromatic heterocycles. The number of nitriles is 1. The van der Waals surface area contributed by atoms with Crippen LogP contribution in [0.2, 0.25) is 0 Å². The first-order valence-corrected chi connectivity index (χ1v) is 6.62. The van der Waals surface area contributed by atoms with Crippen molar-refractivity contribution in [2.24, 2.45) is 0 Å². The fourth-order valence-corrected chi connectivity index (χ4v) is 2.51. The minimum absolute atomic E-state index is 0.448. The highest BCUT2D eigenvalue weighted by atomic mass is 32.2. The first-order chi connectivity index (χ1) is 7.85. The van der Waals surface area contributed by atoms with Crippen LogP contribution in [0.25, 0.3) is 0 Å². The van der Waals surface area contributed by atoms with Gasteiger partial charge in [0.1, 0.15) is 6.07 Å². The Morgan fingerprint density at radius 2 is 2.44 bits per heavy atom. The van der Waals surface area contributed by atoms with E-state index in [2.05, 4.69) is 16.7 Å². The van der Waals surface area contributed by atoms with Crippen molar-refractivity contribution in [1.29, 1.82) is 5.26 Å². The van der Waals surface area contributed by atoms with Gasteiger partial charge in [0, 0.05) is 17.5 Å². The zero-order chi connectivity index (χ0) is 11.4. The van der Waals surface area contributed by atoms with Crippen LogP contribution >= 0.6 is 11.8 Å². The molecule has 1 aliphatic rings. The molecule has 1 aromatic carbocycles. The van der Waals surface area contributed by atoms with E-state index in [1.165, 1.54) is 0 Å². The maximum absolute atomic E-state index is 9.19. The molecule has 16 heavy (non-hydrogen) atoms. The number of hydrogen-bond acceptors (Lipinski definition) is 4. The number of anilines is 1. The van der Waals surface area contributed by atoms with Crippen LogP contribution in [0.1, 0.15) is 12.0 Å². The largest absolute Gasteiger partial charge is 0.380 e. The lowest BCUT2D eigenvalue weighted by Gasteiger charge is -2.15. The van der Waals surface area contributed by atoms with Gasteiger partial charge in [0.05, 0.1) is 11.3 Å². The molecule has 0 radical (unpaired) electrons. The highest BCUT2D eigenvalue weighted by Gasteiger charge is 2.16. The molecule has 3 nitrogen and oxygen atoms in total. The number of benzene rings is 1. The van der Waals surface area contributed by atoms with E-state index in [0.717, 1.165) is 35.7 Å². The van der Waals surface area contributed by atoms with Crippen LogP contribution in [-0.4, -0.2) is 25.4 Å². The summed E-state index contributed by atoms with van der Waals surface area (Å²) in [6, 6.07) is 8.70. The molecule has 84 valence electrons. The quantitative estimate of drug-likeness (QED) is 0.785. The summed E-state index contributed by atoms with van der Waals surface area (Å²) in [6.45, 7) is 2.04. The molecular formula is C12H15N3S.